The Balaban J connectivity index is 2.13. The van der Waals surface area contributed by atoms with Crippen LogP contribution in [0.3, 0.4) is 0 Å². The van der Waals surface area contributed by atoms with Gasteiger partial charge in [0.25, 0.3) is 5.91 Å². The molecule has 0 radical (unpaired) electrons. The standard InChI is InChI=1S/C15H11ClFNO2S/c16-11-6-8-21-14(11)15(20)18-13-5-4-10(9-12(13)17)3-1-2-7-19/h4-6,8-9,19H,2,7H2,(H,18,20). The second-order valence-electron chi connectivity index (χ2n) is 4.02. The molecular weight excluding hydrogens is 313 g/mol. The van der Waals surface area contributed by atoms with E-state index in [0.717, 1.165) is 0 Å². The van der Waals surface area contributed by atoms with E-state index in [-0.39, 0.29) is 12.3 Å². The monoisotopic (exact) mass is 323 g/mol. The summed E-state index contributed by atoms with van der Waals surface area (Å²) in [6, 6.07) is 5.88. The minimum Gasteiger partial charge on any atom is -0.395 e. The summed E-state index contributed by atoms with van der Waals surface area (Å²) in [6.07, 6.45) is 0.330. The second-order valence-corrected chi connectivity index (χ2v) is 5.35. The first-order chi connectivity index (χ1) is 10.1. The summed E-state index contributed by atoms with van der Waals surface area (Å²) in [5, 5.41) is 13.1. The zero-order valence-corrected chi connectivity index (χ0v) is 12.4. The number of rotatable bonds is 3. The molecule has 0 saturated carbocycles. The van der Waals surface area contributed by atoms with Crippen LogP contribution in [0.5, 0.6) is 0 Å². The van der Waals surface area contributed by atoms with Crippen LogP contribution in [-0.2, 0) is 0 Å². The lowest BCUT2D eigenvalue weighted by atomic mass is 10.2. The van der Waals surface area contributed by atoms with Gasteiger partial charge in [0.2, 0.25) is 0 Å². The number of hydrogen-bond donors (Lipinski definition) is 2. The molecule has 2 aromatic rings. The lowest BCUT2D eigenvalue weighted by Crippen LogP contribution is -2.11. The molecule has 0 saturated heterocycles. The average molecular weight is 324 g/mol. The summed E-state index contributed by atoms with van der Waals surface area (Å²) in [5.41, 5.74) is 0.547. The molecule has 1 heterocycles. The molecule has 0 aliphatic carbocycles. The van der Waals surface area contributed by atoms with Crippen molar-refractivity contribution in [3.05, 3.63) is 50.9 Å². The third-order valence-electron chi connectivity index (χ3n) is 2.51. The summed E-state index contributed by atoms with van der Waals surface area (Å²) in [4.78, 5) is 12.3. The van der Waals surface area contributed by atoms with E-state index in [0.29, 0.717) is 21.9 Å². The quantitative estimate of drug-likeness (QED) is 0.849. The number of thiophene rings is 1. The van der Waals surface area contributed by atoms with Gasteiger partial charge in [-0.1, -0.05) is 23.4 Å². The van der Waals surface area contributed by atoms with Crippen LogP contribution in [0, 0.1) is 17.7 Å². The molecule has 0 atom stereocenters. The Morgan fingerprint density at radius 3 is 2.86 bits per heavy atom. The van der Waals surface area contributed by atoms with E-state index in [2.05, 4.69) is 17.2 Å². The minimum absolute atomic E-state index is 0.0365. The Morgan fingerprint density at radius 2 is 2.24 bits per heavy atom. The molecule has 2 rings (SSSR count). The number of nitrogens with one attached hydrogen (secondary N) is 1. The van der Waals surface area contributed by atoms with E-state index < -0.39 is 11.7 Å². The summed E-state index contributed by atoms with van der Waals surface area (Å²) < 4.78 is 13.9. The third-order valence-corrected chi connectivity index (χ3v) is 3.85. The predicted molar refractivity (Wildman–Crippen MR) is 82.3 cm³/mol. The van der Waals surface area contributed by atoms with Crippen molar-refractivity contribution < 1.29 is 14.3 Å². The number of carbonyl (C=O) groups is 1. The van der Waals surface area contributed by atoms with Gasteiger partial charge >= 0.3 is 0 Å². The van der Waals surface area contributed by atoms with Crippen LogP contribution in [0.4, 0.5) is 10.1 Å². The van der Waals surface area contributed by atoms with Crippen LogP contribution in [-0.4, -0.2) is 17.6 Å². The Kier molecular flexibility index (Phi) is 5.34. The average Bonchev–Trinajstić information content (AvgIpc) is 2.88. The normalized spacial score (nSPS) is 9.86. The molecule has 6 heteroatoms. The van der Waals surface area contributed by atoms with E-state index in [1.54, 1.807) is 17.5 Å². The maximum absolute atomic E-state index is 13.9. The van der Waals surface area contributed by atoms with Gasteiger partial charge in [-0.3, -0.25) is 4.79 Å². The first-order valence-corrected chi connectivity index (χ1v) is 7.31. The van der Waals surface area contributed by atoms with Gasteiger partial charge in [-0.2, -0.15) is 0 Å². The number of hydrogen-bond acceptors (Lipinski definition) is 3. The van der Waals surface area contributed by atoms with Gasteiger partial charge in [-0.05, 0) is 29.6 Å². The lowest BCUT2D eigenvalue weighted by molar-refractivity contribution is 0.103. The largest absolute Gasteiger partial charge is 0.395 e. The Hall–Kier alpha value is -1.87. The fraction of sp³-hybridized carbons (Fsp3) is 0.133. The molecule has 0 bridgehead atoms. The summed E-state index contributed by atoms with van der Waals surface area (Å²) in [7, 11) is 0. The smallest absolute Gasteiger partial charge is 0.267 e. The topological polar surface area (TPSA) is 49.3 Å². The number of carbonyl (C=O) groups excluding carboxylic acids is 1. The molecule has 1 amide bonds. The fourth-order valence-electron chi connectivity index (χ4n) is 1.55. The first-order valence-electron chi connectivity index (χ1n) is 6.05. The maximum atomic E-state index is 13.9. The number of amides is 1. The van der Waals surface area contributed by atoms with Crippen molar-refractivity contribution in [1.82, 2.24) is 0 Å². The minimum atomic E-state index is -0.577. The zero-order valence-electron chi connectivity index (χ0n) is 10.8. The Bertz CT molecular complexity index is 718. The Morgan fingerprint density at radius 1 is 1.43 bits per heavy atom. The number of anilines is 1. The van der Waals surface area contributed by atoms with Crippen LogP contribution >= 0.6 is 22.9 Å². The van der Waals surface area contributed by atoms with Crippen LogP contribution in [0.15, 0.2) is 29.6 Å². The van der Waals surface area contributed by atoms with Crippen LogP contribution in [0.2, 0.25) is 5.02 Å². The van der Waals surface area contributed by atoms with Gasteiger partial charge in [0, 0.05) is 12.0 Å². The zero-order chi connectivity index (χ0) is 15.2. The van der Waals surface area contributed by atoms with Gasteiger partial charge < -0.3 is 10.4 Å². The van der Waals surface area contributed by atoms with Crippen molar-refractivity contribution >= 4 is 34.5 Å². The molecule has 0 fully saturated rings. The molecule has 1 aromatic heterocycles. The highest BCUT2D eigenvalue weighted by Crippen LogP contribution is 2.24. The van der Waals surface area contributed by atoms with Crippen molar-refractivity contribution in [2.45, 2.75) is 6.42 Å². The summed E-state index contributed by atoms with van der Waals surface area (Å²) in [6.45, 7) is -0.0365. The molecule has 21 heavy (non-hydrogen) atoms. The van der Waals surface area contributed by atoms with Gasteiger partial charge in [-0.15, -0.1) is 11.3 Å². The van der Waals surface area contributed by atoms with Gasteiger partial charge in [0.05, 0.1) is 17.3 Å². The molecule has 0 unspecified atom stereocenters. The Labute approximate surface area is 130 Å². The maximum Gasteiger partial charge on any atom is 0.267 e. The highest BCUT2D eigenvalue weighted by atomic mass is 35.5. The fourth-order valence-corrected chi connectivity index (χ4v) is 2.59. The predicted octanol–water partition coefficient (Wildman–Crippen LogP) is 3.53. The van der Waals surface area contributed by atoms with Gasteiger partial charge in [-0.25, -0.2) is 4.39 Å². The molecule has 3 nitrogen and oxygen atoms in total. The summed E-state index contributed by atoms with van der Waals surface area (Å²) in [5.74, 6) is 4.39. The molecule has 108 valence electrons. The SMILES string of the molecule is O=C(Nc1ccc(C#CCCO)cc1F)c1sccc1Cl. The number of aliphatic hydroxyl groups excluding tert-OH is 1. The highest BCUT2D eigenvalue weighted by molar-refractivity contribution is 7.12. The molecule has 0 aliphatic heterocycles. The highest BCUT2D eigenvalue weighted by Gasteiger charge is 2.14. The lowest BCUT2D eigenvalue weighted by Gasteiger charge is -2.05. The van der Waals surface area contributed by atoms with Gasteiger partial charge in [0.1, 0.15) is 10.7 Å². The molecular formula is C15H11ClFNO2S. The third kappa shape index (κ3) is 4.05. The molecule has 2 N–H and O–H groups in total. The van der Waals surface area contributed by atoms with Crippen LogP contribution in [0.25, 0.3) is 0 Å². The van der Waals surface area contributed by atoms with Crippen molar-refractivity contribution in [3.63, 3.8) is 0 Å². The number of halogens is 2. The van der Waals surface area contributed by atoms with Crippen molar-refractivity contribution in [3.8, 4) is 11.8 Å². The van der Waals surface area contributed by atoms with Crippen molar-refractivity contribution in [2.24, 2.45) is 0 Å². The van der Waals surface area contributed by atoms with E-state index >= 15 is 0 Å². The van der Waals surface area contributed by atoms with E-state index in [9.17, 15) is 9.18 Å². The second kappa shape index (κ2) is 7.23. The van der Waals surface area contributed by atoms with Crippen molar-refractivity contribution in [2.75, 3.05) is 11.9 Å². The van der Waals surface area contributed by atoms with Gasteiger partial charge in [0.15, 0.2) is 0 Å². The summed E-state index contributed by atoms with van der Waals surface area (Å²) >= 11 is 7.04. The first kappa shape index (κ1) is 15.5. The van der Waals surface area contributed by atoms with E-state index in [4.69, 9.17) is 16.7 Å². The number of aliphatic hydroxyl groups is 1. The van der Waals surface area contributed by atoms with Crippen LogP contribution < -0.4 is 5.32 Å². The molecule has 0 spiro atoms. The number of benzene rings is 1. The van der Waals surface area contributed by atoms with E-state index in [1.807, 2.05) is 0 Å². The molecule has 1 aromatic carbocycles. The molecule has 0 aliphatic rings. The van der Waals surface area contributed by atoms with E-state index in [1.165, 1.54) is 23.5 Å². The van der Waals surface area contributed by atoms with Crippen molar-refractivity contribution in [1.29, 1.82) is 0 Å². The van der Waals surface area contributed by atoms with Crippen LogP contribution in [0.1, 0.15) is 21.7 Å².